The number of aliphatic carboxylic acids is 1. The Hall–Kier alpha value is -3.00. The maximum absolute atomic E-state index is 13.0. The highest BCUT2D eigenvalue weighted by Gasteiger charge is 2.45. The first-order chi connectivity index (χ1) is 13.5. The Balaban J connectivity index is 1.48. The van der Waals surface area contributed by atoms with Crippen LogP contribution in [0, 0.1) is 12.3 Å². The molecule has 0 saturated heterocycles. The Morgan fingerprint density at radius 3 is 2.61 bits per heavy atom. The highest BCUT2D eigenvalue weighted by Crippen LogP contribution is 2.40. The Labute approximate surface area is 165 Å². The van der Waals surface area contributed by atoms with Gasteiger partial charge in [-0.3, -0.25) is 14.7 Å². The molecule has 1 amide bonds. The smallest absolute Gasteiger partial charge is 0.304 e. The summed E-state index contributed by atoms with van der Waals surface area (Å²) >= 11 is 1.46. The molecule has 3 aromatic rings. The molecule has 2 aromatic heterocycles. The van der Waals surface area contributed by atoms with Crippen molar-refractivity contribution < 1.29 is 14.7 Å². The highest BCUT2D eigenvalue weighted by atomic mass is 32.1. The molecule has 1 aromatic carbocycles. The summed E-state index contributed by atoms with van der Waals surface area (Å²) in [7, 11) is 0. The molecule has 0 aliphatic heterocycles. The molecule has 0 unspecified atom stereocenters. The van der Waals surface area contributed by atoms with Gasteiger partial charge < -0.3 is 10.4 Å². The van der Waals surface area contributed by atoms with E-state index in [0.29, 0.717) is 12.8 Å². The van der Waals surface area contributed by atoms with E-state index < -0.39 is 11.4 Å². The molecule has 1 aliphatic rings. The summed E-state index contributed by atoms with van der Waals surface area (Å²) in [6.45, 7) is 2.20. The third-order valence-corrected chi connectivity index (χ3v) is 6.05. The van der Waals surface area contributed by atoms with Crippen LogP contribution in [0.4, 0.5) is 0 Å². The van der Waals surface area contributed by atoms with Crippen LogP contribution in [0.3, 0.4) is 0 Å². The van der Waals surface area contributed by atoms with Gasteiger partial charge in [0.1, 0.15) is 5.01 Å². The predicted molar refractivity (Wildman–Crippen MR) is 105 cm³/mol. The summed E-state index contributed by atoms with van der Waals surface area (Å²) < 4.78 is 0. The number of carboxylic acids is 1. The SMILES string of the molecule is Cc1[nH]ncc1-c1csc(CNC(=O)C2(CC(=O)O)Cc3ccccc3C2)n1. The van der Waals surface area contributed by atoms with Crippen molar-refractivity contribution in [3.05, 3.63) is 57.7 Å². The number of benzene rings is 1. The number of carboxylic acid groups (broad SMARTS) is 1. The molecule has 0 atom stereocenters. The van der Waals surface area contributed by atoms with Crippen molar-refractivity contribution in [2.24, 2.45) is 5.41 Å². The van der Waals surface area contributed by atoms with E-state index in [0.717, 1.165) is 33.1 Å². The van der Waals surface area contributed by atoms with E-state index in [1.165, 1.54) is 11.3 Å². The van der Waals surface area contributed by atoms with Gasteiger partial charge in [0, 0.05) is 16.6 Å². The summed E-state index contributed by atoms with van der Waals surface area (Å²) in [4.78, 5) is 29.0. The number of H-pyrrole nitrogens is 1. The van der Waals surface area contributed by atoms with E-state index in [1.807, 2.05) is 36.6 Å². The van der Waals surface area contributed by atoms with Gasteiger partial charge in [-0.25, -0.2) is 4.98 Å². The fourth-order valence-corrected chi connectivity index (χ4v) is 4.55. The van der Waals surface area contributed by atoms with Crippen LogP contribution in [0.2, 0.25) is 0 Å². The predicted octanol–water partition coefficient (Wildman–Crippen LogP) is 2.72. The number of carbonyl (C=O) groups excluding carboxylic acids is 1. The molecular formula is C20H20N4O3S. The lowest BCUT2D eigenvalue weighted by molar-refractivity contribution is -0.145. The van der Waals surface area contributed by atoms with Gasteiger partial charge in [0.15, 0.2) is 0 Å². The summed E-state index contributed by atoms with van der Waals surface area (Å²) in [6, 6.07) is 7.77. The number of thiazole rings is 1. The lowest BCUT2D eigenvalue weighted by atomic mass is 9.80. The number of hydrogen-bond donors (Lipinski definition) is 3. The Morgan fingerprint density at radius 1 is 1.29 bits per heavy atom. The summed E-state index contributed by atoms with van der Waals surface area (Å²) in [5.41, 5.74) is 3.83. The maximum Gasteiger partial charge on any atom is 0.304 e. The molecule has 1 aliphatic carbocycles. The average molecular weight is 396 g/mol. The van der Waals surface area contributed by atoms with E-state index in [2.05, 4.69) is 20.5 Å². The topological polar surface area (TPSA) is 108 Å². The Kier molecular flexibility index (Phi) is 4.72. The van der Waals surface area contributed by atoms with Gasteiger partial charge >= 0.3 is 5.97 Å². The third-order valence-electron chi connectivity index (χ3n) is 5.21. The number of nitrogens with one attached hydrogen (secondary N) is 2. The van der Waals surface area contributed by atoms with E-state index in [-0.39, 0.29) is 18.9 Å². The van der Waals surface area contributed by atoms with Crippen LogP contribution >= 0.6 is 11.3 Å². The second kappa shape index (κ2) is 7.20. The average Bonchev–Trinajstić information content (AvgIpc) is 3.36. The fraction of sp³-hybridized carbons (Fsp3) is 0.300. The molecule has 0 saturated carbocycles. The third kappa shape index (κ3) is 3.43. The number of rotatable bonds is 6. The summed E-state index contributed by atoms with van der Waals surface area (Å²) in [5.74, 6) is -1.20. The Bertz CT molecular complexity index is 1010. The van der Waals surface area contributed by atoms with Gasteiger partial charge in [-0.05, 0) is 30.9 Å². The lowest BCUT2D eigenvalue weighted by Crippen LogP contribution is -2.43. The van der Waals surface area contributed by atoms with Crippen LogP contribution in [0.1, 0.15) is 28.2 Å². The van der Waals surface area contributed by atoms with Crippen LogP contribution in [0.25, 0.3) is 11.3 Å². The van der Waals surface area contributed by atoms with Gasteiger partial charge in [0.2, 0.25) is 5.91 Å². The molecule has 8 heteroatoms. The summed E-state index contributed by atoms with van der Waals surface area (Å²) in [5, 5.41) is 21.9. The molecule has 4 rings (SSSR count). The van der Waals surface area contributed by atoms with Crippen LogP contribution in [-0.2, 0) is 29.0 Å². The van der Waals surface area contributed by atoms with Crippen LogP contribution in [0.15, 0.2) is 35.8 Å². The van der Waals surface area contributed by atoms with Crippen molar-refractivity contribution >= 4 is 23.2 Å². The molecule has 0 bridgehead atoms. The standard InChI is InChI=1S/C20H20N4O3S/c1-12-15(9-22-24-12)16-11-28-17(23-16)10-21-19(27)20(8-18(25)26)6-13-4-2-3-5-14(13)7-20/h2-5,9,11H,6-8,10H2,1H3,(H,21,27)(H,22,24)(H,25,26). The first-order valence-corrected chi connectivity index (χ1v) is 9.86. The lowest BCUT2D eigenvalue weighted by Gasteiger charge is -2.25. The molecule has 7 nitrogen and oxygen atoms in total. The number of amides is 1. The van der Waals surface area contributed by atoms with Crippen molar-refractivity contribution in [3.63, 3.8) is 0 Å². The molecular weight excluding hydrogens is 376 g/mol. The molecule has 0 fully saturated rings. The van der Waals surface area contributed by atoms with E-state index >= 15 is 0 Å². The van der Waals surface area contributed by atoms with Gasteiger partial charge in [-0.2, -0.15) is 5.10 Å². The van der Waals surface area contributed by atoms with Crippen molar-refractivity contribution in [1.82, 2.24) is 20.5 Å². The van der Waals surface area contributed by atoms with Gasteiger partial charge in [-0.15, -0.1) is 11.3 Å². The Morgan fingerprint density at radius 2 is 2.00 bits per heavy atom. The minimum atomic E-state index is -0.963. The first kappa shape index (κ1) is 18.4. The number of fused-ring (bicyclic) bond motifs is 1. The van der Waals surface area contributed by atoms with Crippen molar-refractivity contribution in [2.45, 2.75) is 32.7 Å². The second-order valence-electron chi connectivity index (χ2n) is 7.19. The number of aromatic nitrogens is 3. The normalized spacial score (nSPS) is 14.6. The summed E-state index contributed by atoms with van der Waals surface area (Å²) in [6.07, 6.45) is 2.42. The number of hydrogen-bond acceptors (Lipinski definition) is 5. The quantitative estimate of drug-likeness (QED) is 0.594. The second-order valence-corrected chi connectivity index (χ2v) is 8.13. The molecule has 28 heavy (non-hydrogen) atoms. The molecule has 3 N–H and O–H groups in total. The van der Waals surface area contributed by atoms with Crippen molar-refractivity contribution in [3.8, 4) is 11.3 Å². The van der Waals surface area contributed by atoms with E-state index in [9.17, 15) is 14.7 Å². The van der Waals surface area contributed by atoms with Crippen molar-refractivity contribution in [2.75, 3.05) is 0 Å². The molecule has 2 heterocycles. The van der Waals surface area contributed by atoms with Gasteiger partial charge in [-0.1, -0.05) is 24.3 Å². The fourth-order valence-electron chi connectivity index (χ4n) is 3.82. The largest absolute Gasteiger partial charge is 0.481 e. The number of carbonyl (C=O) groups is 2. The number of nitrogens with zero attached hydrogens (tertiary/aromatic N) is 2. The molecule has 0 radical (unpaired) electrons. The van der Waals surface area contributed by atoms with Crippen LogP contribution < -0.4 is 5.32 Å². The monoisotopic (exact) mass is 396 g/mol. The molecule has 0 spiro atoms. The first-order valence-electron chi connectivity index (χ1n) is 8.98. The maximum atomic E-state index is 13.0. The zero-order valence-corrected chi connectivity index (χ0v) is 16.2. The van der Waals surface area contributed by atoms with Gasteiger partial charge in [0.05, 0.1) is 30.3 Å². The zero-order chi connectivity index (χ0) is 19.7. The minimum absolute atomic E-state index is 0.190. The van der Waals surface area contributed by atoms with Crippen LogP contribution in [-0.4, -0.2) is 32.2 Å². The van der Waals surface area contributed by atoms with Crippen molar-refractivity contribution in [1.29, 1.82) is 0 Å². The molecule has 144 valence electrons. The highest BCUT2D eigenvalue weighted by molar-refractivity contribution is 7.09. The minimum Gasteiger partial charge on any atom is -0.481 e. The van der Waals surface area contributed by atoms with Gasteiger partial charge in [0.25, 0.3) is 0 Å². The van der Waals surface area contributed by atoms with E-state index in [1.54, 1.807) is 6.20 Å². The number of aryl methyl sites for hydroxylation is 1. The van der Waals surface area contributed by atoms with Crippen LogP contribution in [0.5, 0.6) is 0 Å². The van der Waals surface area contributed by atoms with E-state index in [4.69, 9.17) is 0 Å². The number of aromatic amines is 1. The zero-order valence-electron chi connectivity index (χ0n) is 15.4.